The van der Waals surface area contributed by atoms with Crippen molar-refractivity contribution in [2.45, 2.75) is 52.2 Å². The van der Waals surface area contributed by atoms with Crippen LogP contribution in [-0.2, 0) is 17.9 Å². The Labute approximate surface area is 188 Å². The highest BCUT2D eigenvalue weighted by Crippen LogP contribution is 2.35. The molecule has 1 N–H and O–H groups in total. The monoisotopic (exact) mass is 441 g/mol. The van der Waals surface area contributed by atoms with Gasteiger partial charge in [0.25, 0.3) is 5.91 Å². The fourth-order valence-corrected chi connectivity index (χ4v) is 5.51. The number of amides is 3. The minimum Gasteiger partial charge on any atom is -0.496 e. The van der Waals surface area contributed by atoms with E-state index in [1.807, 2.05) is 29.8 Å². The molecule has 0 aliphatic carbocycles. The lowest BCUT2D eigenvalue weighted by Crippen LogP contribution is -2.53. The zero-order valence-electron chi connectivity index (χ0n) is 18.7. The number of nitrogens with one attached hydrogen (secondary N) is 1. The zero-order chi connectivity index (χ0) is 22.2. The normalized spacial score (nSPS) is 22.8. The van der Waals surface area contributed by atoms with Crippen LogP contribution in [-0.4, -0.2) is 47.5 Å². The molecule has 2 aliphatic rings. The molecular formula is C24H31N3O3S. The number of rotatable bonds is 6. The van der Waals surface area contributed by atoms with Crippen LogP contribution in [0, 0.1) is 19.8 Å². The third-order valence-corrected chi connectivity index (χ3v) is 7.82. The molecule has 0 saturated carbocycles. The first-order chi connectivity index (χ1) is 14.8. The fourth-order valence-electron chi connectivity index (χ4n) is 4.85. The number of urea groups is 1. The van der Waals surface area contributed by atoms with Gasteiger partial charge in [0.2, 0.25) is 0 Å². The van der Waals surface area contributed by atoms with Crippen molar-refractivity contribution in [3.8, 4) is 5.75 Å². The Kier molecular flexibility index (Phi) is 6.08. The number of likely N-dealkylation sites (tertiary alicyclic amines) is 1. The summed E-state index contributed by atoms with van der Waals surface area (Å²) in [6, 6.07) is 5.88. The number of hydrogen-bond donors (Lipinski definition) is 1. The molecular weight excluding hydrogens is 410 g/mol. The van der Waals surface area contributed by atoms with E-state index >= 15 is 0 Å². The molecule has 6 nitrogen and oxygen atoms in total. The molecule has 0 radical (unpaired) electrons. The van der Waals surface area contributed by atoms with E-state index in [-0.39, 0.29) is 17.9 Å². The number of thiophene rings is 1. The van der Waals surface area contributed by atoms with Gasteiger partial charge in [0.05, 0.1) is 13.7 Å². The Hall–Kier alpha value is -2.38. The summed E-state index contributed by atoms with van der Waals surface area (Å²) in [6.45, 7) is 9.22. The number of imide groups is 1. The minimum atomic E-state index is -0.814. The fraction of sp³-hybridized carbons (Fsp3) is 0.500. The van der Waals surface area contributed by atoms with Crippen LogP contribution in [0.4, 0.5) is 4.79 Å². The lowest BCUT2D eigenvalue weighted by Gasteiger charge is -2.39. The van der Waals surface area contributed by atoms with Gasteiger partial charge in [-0.2, -0.15) is 11.3 Å². The van der Waals surface area contributed by atoms with Crippen molar-refractivity contribution >= 4 is 23.3 Å². The van der Waals surface area contributed by atoms with E-state index in [2.05, 4.69) is 30.1 Å². The highest BCUT2D eigenvalue weighted by atomic mass is 32.1. The van der Waals surface area contributed by atoms with Crippen LogP contribution in [0.5, 0.6) is 5.75 Å². The average Bonchev–Trinajstić information content (AvgIpc) is 3.35. The molecule has 1 atom stereocenters. The summed E-state index contributed by atoms with van der Waals surface area (Å²) in [6.07, 6.45) is 1.78. The van der Waals surface area contributed by atoms with Gasteiger partial charge < -0.3 is 10.1 Å². The van der Waals surface area contributed by atoms with E-state index in [4.69, 9.17) is 4.74 Å². The number of benzene rings is 1. The van der Waals surface area contributed by atoms with Gasteiger partial charge in [-0.25, -0.2) is 4.79 Å². The van der Waals surface area contributed by atoms with Crippen LogP contribution >= 0.6 is 11.3 Å². The second-order valence-electron chi connectivity index (χ2n) is 8.88. The molecule has 2 fully saturated rings. The van der Waals surface area contributed by atoms with Gasteiger partial charge in [-0.1, -0.05) is 6.07 Å². The predicted octanol–water partition coefficient (Wildman–Crippen LogP) is 4.10. The largest absolute Gasteiger partial charge is 0.496 e. The molecule has 7 heteroatoms. The number of hydrogen-bond acceptors (Lipinski definition) is 5. The third kappa shape index (κ3) is 4.08. The zero-order valence-corrected chi connectivity index (χ0v) is 19.6. The first-order valence-electron chi connectivity index (χ1n) is 10.8. The molecule has 166 valence electrons. The van der Waals surface area contributed by atoms with Crippen molar-refractivity contribution in [3.63, 3.8) is 0 Å². The molecule has 1 unspecified atom stereocenters. The number of ether oxygens (including phenoxy) is 1. The molecule has 0 bridgehead atoms. The van der Waals surface area contributed by atoms with Crippen LogP contribution in [0.15, 0.2) is 29.0 Å². The maximum absolute atomic E-state index is 13.2. The first-order valence-corrected chi connectivity index (χ1v) is 11.8. The summed E-state index contributed by atoms with van der Waals surface area (Å²) in [7, 11) is 1.71. The Balaban J connectivity index is 1.39. The SMILES string of the molecule is COc1ccc(CN2CCC(C3(C)NC(=O)N(Cc4ccsc4)C3=O)CC2)c(C)c1C. The van der Waals surface area contributed by atoms with Crippen LogP contribution in [0.2, 0.25) is 0 Å². The van der Waals surface area contributed by atoms with Crippen molar-refractivity contribution in [3.05, 3.63) is 51.2 Å². The van der Waals surface area contributed by atoms with Crippen LogP contribution in [0.1, 0.15) is 42.0 Å². The molecule has 4 rings (SSSR count). The third-order valence-electron chi connectivity index (χ3n) is 7.09. The van der Waals surface area contributed by atoms with Crippen LogP contribution in [0.25, 0.3) is 0 Å². The summed E-state index contributed by atoms with van der Waals surface area (Å²) < 4.78 is 5.43. The number of piperidine rings is 1. The Bertz CT molecular complexity index is 967. The van der Waals surface area contributed by atoms with Gasteiger partial charge in [-0.15, -0.1) is 0 Å². The van der Waals surface area contributed by atoms with E-state index in [0.29, 0.717) is 6.54 Å². The Morgan fingerprint density at radius 3 is 2.52 bits per heavy atom. The summed E-state index contributed by atoms with van der Waals surface area (Å²) >= 11 is 1.58. The van der Waals surface area contributed by atoms with Gasteiger partial charge in [0.15, 0.2) is 0 Å². The number of carbonyl (C=O) groups excluding carboxylic acids is 2. The van der Waals surface area contributed by atoms with Gasteiger partial charge in [-0.3, -0.25) is 14.6 Å². The quantitative estimate of drug-likeness (QED) is 0.686. The topological polar surface area (TPSA) is 61.9 Å². The van der Waals surface area contributed by atoms with Gasteiger partial charge in [0.1, 0.15) is 11.3 Å². The number of nitrogens with zero attached hydrogens (tertiary/aromatic N) is 2. The Morgan fingerprint density at radius 1 is 1.13 bits per heavy atom. The molecule has 3 heterocycles. The summed E-state index contributed by atoms with van der Waals surface area (Å²) in [5, 5.41) is 6.97. The molecule has 2 aliphatic heterocycles. The van der Waals surface area contributed by atoms with Crippen LogP contribution in [0.3, 0.4) is 0 Å². The summed E-state index contributed by atoms with van der Waals surface area (Å²) in [4.78, 5) is 29.6. The molecule has 31 heavy (non-hydrogen) atoms. The number of methoxy groups -OCH3 is 1. The molecule has 2 saturated heterocycles. The highest BCUT2D eigenvalue weighted by molar-refractivity contribution is 7.07. The molecule has 3 amide bonds. The Morgan fingerprint density at radius 2 is 1.87 bits per heavy atom. The average molecular weight is 442 g/mol. The number of carbonyl (C=O) groups is 2. The molecule has 2 aromatic rings. The summed E-state index contributed by atoms with van der Waals surface area (Å²) in [5.74, 6) is 0.977. The van der Waals surface area contributed by atoms with E-state index in [9.17, 15) is 9.59 Å². The maximum atomic E-state index is 13.2. The van der Waals surface area contributed by atoms with E-state index in [1.54, 1.807) is 18.4 Å². The van der Waals surface area contributed by atoms with Gasteiger partial charge in [0, 0.05) is 6.54 Å². The standard InChI is InChI=1S/C24H31N3O3S/c1-16-17(2)21(30-4)6-5-19(16)14-26-10-7-20(8-11-26)24(3)22(28)27(23(29)25-24)13-18-9-12-31-15-18/h5-6,9,12,15,20H,7-8,10-11,13-14H2,1-4H3,(H,25,29). The lowest BCUT2D eigenvalue weighted by atomic mass is 9.78. The first kappa shape index (κ1) is 21.8. The van der Waals surface area contributed by atoms with Crippen molar-refractivity contribution in [2.24, 2.45) is 5.92 Å². The van der Waals surface area contributed by atoms with Crippen LogP contribution < -0.4 is 10.1 Å². The van der Waals surface area contributed by atoms with Gasteiger partial charge >= 0.3 is 6.03 Å². The smallest absolute Gasteiger partial charge is 0.325 e. The van der Waals surface area contributed by atoms with E-state index < -0.39 is 5.54 Å². The summed E-state index contributed by atoms with van der Waals surface area (Å²) in [5.41, 5.74) is 3.96. The van der Waals surface area contributed by atoms with Crippen molar-refractivity contribution < 1.29 is 14.3 Å². The second kappa shape index (κ2) is 8.63. The molecule has 1 aromatic heterocycles. The van der Waals surface area contributed by atoms with Crippen molar-refractivity contribution in [1.82, 2.24) is 15.1 Å². The molecule has 0 spiro atoms. The minimum absolute atomic E-state index is 0.0937. The van der Waals surface area contributed by atoms with E-state index in [0.717, 1.165) is 43.8 Å². The lowest BCUT2D eigenvalue weighted by molar-refractivity contribution is -0.133. The predicted molar refractivity (Wildman–Crippen MR) is 122 cm³/mol. The van der Waals surface area contributed by atoms with E-state index in [1.165, 1.54) is 21.6 Å². The van der Waals surface area contributed by atoms with Crippen molar-refractivity contribution in [2.75, 3.05) is 20.2 Å². The van der Waals surface area contributed by atoms with Gasteiger partial charge in [-0.05, 0) is 97.8 Å². The second-order valence-corrected chi connectivity index (χ2v) is 9.66. The molecule has 1 aromatic carbocycles. The highest BCUT2D eigenvalue weighted by Gasteiger charge is 2.52. The van der Waals surface area contributed by atoms with Crippen molar-refractivity contribution in [1.29, 1.82) is 0 Å². The maximum Gasteiger partial charge on any atom is 0.325 e.